The summed E-state index contributed by atoms with van der Waals surface area (Å²) < 4.78 is 4.60. The highest BCUT2D eigenvalue weighted by Gasteiger charge is 2.30. The molecule has 0 aliphatic carbocycles. The van der Waals surface area contributed by atoms with Crippen molar-refractivity contribution in [1.82, 2.24) is 10.2 Å². The molecule has 0 spiro atoms. The summed E-state index contributed by atoms with van der Waals surface area (Å²) in [6, 6.07) is 0. The number of hydrogen-bond acceptors (Lipinski definition) is 4. The number of carbonyl (C=O) groups is 1. The van der Waals surface area contributed by atoms with Crippen LogP contribution in [-0.4, -0.2) is 50.8 Å². The first-order chi connectivity index (χ1) is 6.77. The average Bonchev–Trinajstić information content (AvgIpc) is 2.14. The van der Waals surface area contributed by atoms with Crippen LogP contribution < -0.4 is 11.1 Å². The number of nitrogens with zero attached hydrogens (tertiary/aromatic N) is 1. The average molecular weight is 201 g/mol. The van der Waals surface area contributed by atoms with E-state index in [0.29, 0.717) is 5.92 Å². The highest BCUT2D eigenvalue weighted by atomic mass is 16.5. The molecule has 1 rings (SSSR count). The summed E-state index contributed by atoms with van der Waals surface area (Å²) in [6.07, 6.45) is 0.788. The van der Waals surface area contributed by atoms with Gasteiger partial charge in [-0.2, -0.15) is 0 Å². The number of ether oxygens (including phenoxy) is 1. The molecule has 1 aliphatic rings. The van der Waals surface area contributed by atoms with E-state index < -0.39 is 0 Å². The van der Waals surface area contributed by atoms with Crippen LogP contribution in [0.2, 0.25) is 0 Å². The fourth-order valence-electron chi connectivity index (χ4n) is 1.51. The Balaban J connectivity index is 1.96. The van der Waals surface area contributed by atoms with Crippen LogP contribution in [0.3, 0.4) is 0 Å². The molecule has 0 aromatic carbocycles. The van der Waals surface area contributed by atoms with Gasteiger partial charge in [0.2, 0.25) is 0 Å². The number of methoxy groups -OCH3 is 1. The summed E-state index contributed by atoms with van der Waals surface area (Å²) in [4.78, 5) is 12.7. The predicted molar refractivity (Wildman–Crippen MR) is 54.0 cm³/mol. The molecule has 5 nitrogen and oxygen atoms in total. The molecule has 0 aromatic rings. The lowest BCUT2D eigenvalue weighted by Gasteiger charge is -2.38. The second-order valence-corrected chi connectivity index (χ2v) is 3.59. The van der Waals surface area contributed by atoms with Gasteiger partial charge < -0.3 is 20.7 Å². The minimum absolute atomic E-state index is 0.219. The third kappa shape index (κ3) is 3.16. The van der Waals surface area contributed by atoms with Gasteiger partial charge in [-0.25, -0.2) is 4.79 Å². The molecule has 0 aromatic heterocycles. The Bertz CT molecular complexity index is 181. The zero-order chi connectivity index (χ0) is 10.4. The van der Waals surface area contributed by atoms with Crippen molar-refractivity contribution in [1.29, 1.82) is 0 Å². The van der Waals surface area contributed by atoms with Gasteiger partial charge in [-0.3, -0.25) is 0 Å². The Morgan fingerprint density at radius 3 is 2.93 bits per heavy atom. The zero-order valence-corrected chi connectivity index (χ0v) is 8.66. The van der Waals surface area contributed by atoms with E-state index in [1.165, 1.54) is 7.11 Å². The van der Waals surface area contributed by atoms with E-state index >= 15 is 0 Å². The molecule has 1 heterocycles. The highest BCUT2D eigenvalue weighted by Crippen LogP contribution is 2.14. The normalized spacial score (nSPS) is 16.6. The lowest BCUT2D eigenvalue weighted by molar-refractivity contribution is 0.0676. The second kappa shape index (κ2) is 5.82. The Hall–Kier alpha value is -0.810. The standard InChI is InChI=1S/C9H19N3O2/c1-14-9(13)12-6-8(7-12)5-11-4-2-3-10/h8,11H,2-7,10H2,1H3. The fraction of sp³-hybridized carbons (Fsp3) is 0.889. The van der Waals surface area contributed by atoms with Crippen LogP contribution in [0, 0.1) is 5.92 Å². The van der Waals surface area contributed by atoms with Crippen LogP contribution in [-0.2, 0) is 4.74 Å². The van der Waals surface area contributed by atoms with E-state index in [9.17, 15) is 4.79 Å². The van der Waals surface area contributed by atoms with Crippen LogP contribution in [0.5, 0.6) is 0 Å². The topological polar surface area (TPSA) is 67.6 Å². The summed E-state index contributed by atoms with van der Waals surface area (Å²) >= 11 is 0. The molecule has 3 N–H and O–H groups in total. The van der Waals surface area contributed by atoms with Gasteiger partial charge in [0.25, 0.3) is 0 Å². The highest BCUT2D eigenvalue weighted by molar-refractivity contribution is 5.68. The molecule has 5 heteroatoms. The van der Waals surface area contributed by atoms with Crippen molar-refractivity contribution in [3.8, 4) is 0 Å². The summed E-state index contributed by atoms with van der Waals surface area (Å²) in [5.74, 6) is 0.576. The lowest BCUT2D eigenvalue weighted by Crippen LogP contribution is -2.53. The molecular weight excluding hydrogens is 182 g/mol. The van der Waals surface area contributed by atoms with Gasteiger partial charge >= 0.3 is 6.09 Å². The first kappa shape index (κ1) is 11.3. The summed E-state index contributed by atoms with van der Waals surface area (Å²) in [6.45, 7) is 4.27. The summed E-state index contributed by atoms with van der Waals surface area (Å²) in [5.41, 5.74) is 5.36. The number of rotatable bonds is 5. The minimum atomic E-state index is -0.219. The monoisotopic (exact) mass is 201 g/mol. The van der Waals surface area contributed by atoms with Crippen molar-refractivity contribution in [2.75, 3.05) is 39.8 Å². The van der Waals surface area contributed by atoms with E-state index in [1.54, 1.807) is 4.90 Å². The van der Waals surface area contributed by atoms with Crippen molar-refractivity contribution in [2.45, 2.75) is 6.42 Å². The van der Waals surface area contributed by atoms with Crippen molar-refractivity contribution in [3.63, 3.8) is 0 Å². The van der Waals surface area contributed by atoms with E-state index in [2.05, 4.69) is 10.1 Å². The Labute approximate surface area is 84.6 Å². The van der Waals surface area contributed by atoms with Crippen molar-refractivity contribution in [3.05, 3.63) is 0 Å². The van der Waals surface area contributed by atoms with E-state index in [1.807, 2.05) is 0 Å². The molecule has 1 aliphatic heterocycles. The largest absolute Gasteiger partial charge is 0.453 e. The minimum Gasteiger partial charge on any atom is -0.453 e. The van der Waals surface area contributed by atoms with Gasteiger partial charge in [-0.05, 0) is 19.5 Å². The van der Waals surface area contributed by atoms with Crippen LogP contribution >= 0.6 is 0 Å². The van der Waals surface area contributed by atoms with Crippen molar-refractivity contribution in [2.24, 2.45) is 11.7 Å². The molecule has 82 valence electrons. The molecule has 1 saturated heterocycles. The van der Waals surface area contributed by atoms with Crippen LogP contribution in [0.1, 0.15) is 6.42 Å². The smallest absolute Gasteiger partial charge is 0.409 e. The molecule has 1 amide bonds. The molecular formula is C9H19N3O2. The first-order valence-corrected chi connectivity index (χ1v) is 5.01. The van der Waals surface area contributed by atoms with Crippen LogP contribution in [0.15, 0.2) is 0 Å². The molecule has 0 saturated carbocycles. The predicted octanol–water partition coefficient (Wildman–Crippen LogP) is -0.377. The Morgan fingerprint density at radius 2 is 2.36 bits per heavy atom. The van der Waals surface area contributed by atoms with E-state index in [-0.39, 0.29) is 6.09 Å². The quantitative estimate of drug-likeness (QED) is 0.595. The van der Waals surface area contributed by atoms with Gasteiger partial charge in [0.05, 0.1) is 7.11 Å². The molecule has 14 heavy (non-hydrogen) atoms. The van der Waals surface area contributed by atoms with Gasteiger partial charge in [-0.15, -0.1) is 0 Å². The van der Waals surface area contributed by atoms with Gasteiger partial charge in [0, 0.05) is 25.6 Å². The lowest BCUT2D eigenvalue weighted by atomic mass is 10.0. The summed E-state index contributed by atoms with van der Waals surface area (Å²) in [5, 5.41) is 3.31. The van der Waals surface area contributed by atoms with Crippen LogP contribution in [0.4, 0.5) is 4.79 Å². The SMILES string of the molecule is COC(=O)N1CC(CNCCCN)C1. The van der Waals surface area contributed by atoms with Gasteiger partial charge in [-0.1, -0.05) is 0 Å². The number of likely N-dealkylation sites (tertiary alicyclic amines) is 1. The third-order valence-corrected chi connectivity index (χ3v) is 2.38. The maximum atomic E-state index is 11.0. The van der Waals surface area contributed by atoms with Gasteiger partial charge in [0.15, 0.2) is 0 Å². The maximum absolute atomic E-state index is 11.0. The van der Waals surface area contributed by atoms with Crippen molar-refractivity contribution >= 4 is 6.09 Å². The molecule has 0 bridgehead atoms. The fourth-order valence-corrected chi connectivity index (χ4v) is 1.51. The number of amides is 1. The van der Waals surface area contributed by atoms with E-state index in [4.69, 9.17) is 5.73 Å². The summed E-state index contributed by atoms with van der Waals surface area (Å²) in [7, 11) is 1.41. The second-order valence-electron chi connectivity index (χ2n) is 3.59. The molecule has 0 unspecified atom stereocenters. The first-order valence-electron chi connectivity index (χ1n) is 5.01. The van der Waals surface area contributed by atoms with Gasteiger partial charge in [0.1, 0.15) is 0 Å². The number of carbonyl (C=O) groups excluding carboxylic acids is 1. The van der Waals surface area contributed by atoms with Crippen molar-refractivity contribution < 1.29 is 9.53 Å². The number of hydrogen-bond donors (Lipinski definition) is 2. The van der Waals surface area contributed by atoms with E-state index in [0.717, 1.165) is 39.1 Å². The molecule has 1 fully saturated rings. The zero-order valence-electron chi connectivity index (χ0n) is 8.66. The molecule has 0 radical (unpaired) electrons. The number of nitrogens with one attached hydrogen (secondary N) is 1. The maximum Gasteiger partial charge on any atom is 0.409 e. The Kier molecular flexibility index (Phi) is 4.69. The third-order valence-electron chi connectivity index (χ3n) is 2.38. The Morgan fingerprint density at radius 1 is 1.64 bits per heavy atom. The number of nitrogens with two attached hydrogens (primary N) is 1. The molecule has 0 atom stereocenters. The van der Waals surface area contributed by atoms with Crippen LogP contribution in [0.25, 0.3) is 0 Å².